The third kappa shape index (κ3) is 4.82. The normalized spacial score (nSPS) is 10.9. The monoisotopic (exact) mass is 267 g/mol. The molecule has 0 bridgehead atoms. The summed E-state index contributed by atoms with van der Waals surface area (Å²) in [5.41, 5.74) is 4.21. The summed E-state index contributed by atoms with van der Waals surface area (Å²) in [5.74, 6) is 0.614. The highest BCUT2D eigenvalue weighted by atomic mass is 14.8. The lowest BCUT2D eigenvalue weighted by molar-refractivity contribution is 0.649. The number of rotatable bonds is 7. The molecule has 2 rings (SSSR count). The number of benzene rings is 2. The van der Waals surface area contributed by atoms with E-state index in [4.69, 9.17) is 0 Å². The third-order valence-electron chi connectivity index (χ3n) is 3.64. The molecule has 1 heteroatoms. The molecule has 0 spiro atoms. The molecule has 1 N–H and O–H groups in total. The summed E-state index contributed by atoms with van der Waals surface area (Å²) in [5, 5.41) is 3.52. The summed E-state index contributed by atoms with van der Waals surface area (Å²) >= 11 is 0. The van der Waals surface area contributed by atoms with Gasteiger partial charge in [-0.15, -0.1) is 0 Å². The van der Waals surface area contributed by atoms with Gasteiger partial charge in [0.2, 0.25) is 0 Å². The molecular formula is C19H25N. The highest BCUT2D eigenvalue weighted by Crippen LogP contribution is 2.14. The minimum Gasteiger partial charge on any atom is -0.313 e. The minimum atomic E-state index is 0.614. The lowest BCUT2D eigenvalue weighted by Crippen LogP contribution is -2.15. The first-order valence-electron chi connectivity index (χ1n) is 7.59. The van der Waals surface area contributed by atoms with Crippen molar-refractivity contribution < 1.29 is 0 Å². The largest absolute Gasteiger partial charge is 0.313 e. The van der Waals surface area contributed by atoms with Crippen LogP contribution < -0.4 is 5.32 Å². The summed E-state index contributed by atoms with van der Waals surface area (Å²) in [6, 6.07) is 19.6. The first-order valence-corrected chi connectivity index (χ1v) is 7.59. The highest BCUT2D eigenvalue weighted by Gasteiger charge is 1.98. The van der Waals surface area contributed by atoms with Gasteiger partial charge in [-0.2, -0.15) is 0 Å². The molecular weight excluding hydrogens is 242 g/mol. The summed E-state index contributed by atoms with van der Waals surface area (Å²) in [4.78, 5) is 0. The first-order chi connectivity index (χ1) is 9.75. The Morgan fingerprint density at radius 2 is 1.55 bits per heavy atom. The predicted octanol–water partition coefficient (Wildman–Crippen LogP) is 4.53. The number of hydrogen-bond donors (Lipinski definition) is 1. The lowest BCUT2D eigenvalue weighted by atomic mass is 10.0. The van der Waals surface area contributed by atoms with E-state index in [1.165, 1.54) is 23.1 Å². The molecule has 106 valence electrons. The van der Waals surface area contributed by atoms with Crippen molar-refractivity contribution in [2.75, 3.05) is 6.54 Å². The molecule has 0 aliphatic heterocycles. The van der Waals surface area contributed by atoms with Crippen LogP contribution in [0.25, 0.3) is 0 Å². The fraction of sp³-hybridized carbons (Fsp3) is 0.368. The van der Waals surface area contributed by atoms with E-state index in [1.807, 2.05) is 0 Å². The quantitative estimate of drug-likeness (QED) is 0.727. The van der Waals surface area contributed by atoms with E-state index in [0.29, 0.717) is 5.92 Å². The van der Waals surface area contributed by atoms with E-state index in [1.54, 1.807) is 0 Å². The van der Waals surface area contributed by atoms with Crippen molar-refractivity contribution in [1.29, 1.82) is 0 Å². The van der Waals surface area contributed by atoms with Crippen molar-refractivity contribution in [3.63, 3.8) is 0 Å². The zero-order valence-corrected chi connectivity index (χ0v) is 12.6. The van der Waals surface area contributed by atoms with Gasteiger partial charge in [0, 0.05) is 6.54 Å². The van der Waals surface area contributed by atoms with Crippen molar-refractivity contribution in [3.05, 3.63) is 71.3 Å². The molecule has 0 aromatic heterocycles. The van der Waals surface area contributed by atoms with Gasteiger partial charge in [0.1, 0.15) is 0 Å². The van der Waals surface area contributed by atoms with Gasteiger partial charge >= 0.3 is 0 Å². The standard InChI is InChI=1S/C19H25N/c1-16(2)19-12-10-18(11-13-19)15-20-14-6-9-17-7-4-3-5-8-17/h3-5,7-8,10-13,16,20H,6,9,14-15H2,1-2H3. The van der Waals surface area contributed by atoms with Crippen LogP contribution >= 0.6 is 0 Å². The van der Waals surface area contributed by atoms with E-state index >= 15 is 0 Å². The first kappa shape index (κ1) is 14.8. The van der Waals surface area contributed by atoms with Crippen LogP contribution in [0.15, 0.2) is 54.6 Å². The molecule has 0 saturated heterocycles. The van der Waals surface area contributed by atoms with Crippen LogP contribution in [0.4, 0.5) is 0 Å². The van der Waals surface area contributed by atoms with E-state index in [-0.39, 0.29) is 0 Å². The Kier molecular flexibility index (Phi) is 5.82. The van der Waals surface area contributed by atoms with E-state index < -0.39 is 0 Å². The molecule has 0 heterocycles. The Morgan fingerprint density at radius 1 is 0.850 bits per heavy atom. The second-order valence-corrected chi connectivity index (χ2v) is 5.66. The van der Waals surface area contributed by atoms with Crippen LogP contribution in [0, 0.1) is 0 Å². The molecule has 20 heavy (non-hydrogen) atoms. The fourth-order valence-corrected chi connectivity index (χ4v) is 2.32. The fourth-order valence-electron chi connectivity index (χ4n) is 2.32. The molecule has 0 atom stereocenters. The molecule has 1 nitrogen and oxygen atoms in total. The van der Waals surface area contributed by atoms with Crippen molar-refractivity contribution in [2.24, 2.45) is 0 Å². The SMILES string of the molecule is CC(C)c1ccc(CNCCCc2ccccc2)cc1. The zero-order valence-electron chi connectivity index (χ0n) is 12.6. The zero-order chi connectivity index (χ0) is 14.2. The van der Waals surface area contributed by atoms with Gasteiger partial charge in [0.25, 0.3) is 0 Å². The maximum atomic E-state index is 3.52. The third-order valence-corrected chi connectivity index (χ3v) is 3.64. The average Bonchev–Trinajstić information content (AvgIpc) is 2.48. The van der Waals surface area contributed by atoms with E-state index in [0.717, 1.165) is 19.5 Å². The molecule has 0 unspecified atom stereocenters. The van der Waals surface area contributed by atoms with Crippen LogP contribution in [-0.2, 0) is 13.0 Å². The van der Waals surface area contributed by atoms with Crippen molar-refractivity contribution in [2.45, 2.75) is 39.2 Å². The van der Waals surface area contributed by atoms with Crippen LogP contribution in [-0.4, -0.2) is 6.54 Å². The number of nitrogens with one attached hydrogen (secondary N) is 1. The predicted molar refractivity (Wildman–Crippen MR) is 87.0 cm³/mol. The van der Waals surface area contributed by atoms with Gasteiger partial charge in [-0.3, -0.25) is 0 Å². The van der Waals surface area contributed by atoms with Gasteiger partial charge < -0.3 is 5.32 Å². The van der Waals surface area contributed by atoms with Gasteiger partial charge in [-0.25, -0.2) is 0 Å². The summed E-state index contributed by atoms with van der Waals surface area (Å²) in [7, 11) is 0. The van der Waals surface area contributed by atoms with Gasteiger partial charge in [-0.05, 0) is 42.0 Å². The number of hydrogen-bond acceptors (Lipinski definition) is 1. The lowest BCUT2D eigenvalue weighted by Gasteiger charge is -2.08. The van der Waals surface area contributed by atoms with Gasteiger partial charge in [0.05, 0.1) is 0 Å². The maximum Gasteiger partial charge on any atom is 0.0205 e. The van der Waals surface area contributed by atoms with Crippen molar-refractivity contribution >= 4 is 0 Å². The average molecular weight is 267 g/mol. The Labute approximate surface area is 123 Å². The molecule has 0 amide bonds. The van der Waals surface area contributed by atoms with E-state index in [9.17, 15) is 0 Å². The van der Waals surface area contributed by atoms with E-state index in [2.05, 4.69) is 73.8 Å². The van der Waals surface area contributed by atoms with Crippen molar-refractivity contribution in [1.82, 2.24) is 5.32 Å². The smallest absolute Gasteiger partial charge is 0.0205 e. The topological polar surface area (TPSA) is 12.0 Å². The summed E-state index contributed by atoms with van der Waals surface area (Å²) in [6.07, 6.45) is 2.34. The Hall–Kier alpha value is -1.60. The summed E-state index contributed by atoms with van der Waals surface area (Å²) < 4.78 is 0. The second kappa shape index (κ2) is 7.86. The highest BCUT2D eigenvalue weighted by molar-refractivity contribution is 5.24. The summed E-state index contributed by atoms with van der Waals surface area (Å²) in [6.45, 7) is 6.50. The van der Waals surface area contributed by atoms with Gasteiger partial charge in [0.15, 0.2) is 0 Å². The molecule has 0 aliphatic rings. The minimum absolute atomic E-state index is 0.614. The molecule has 2 aromatic rings. The van der Waals surface area contributed by atoms with Crippen LogP contribution in [0.2, 0.25) is 0 Å². The van der Waals surface area contributed by atoms with Crippen molar-refractivity contribution in [3.8, 4) is 0 Å². The maximum absolute atomic E-state index is 3.52. The van der Waals surface area contributed by atoms with Crippen LogP contribution in [0.3, 0.4) is 0 Å². The molecule has 0 aliphatic carbocycles. The van der Waals surface area contributed by atoms with Crippen LogP contribution in [0.1, 0.15) is 42.9 Å². The molecule has 2 aromatic carbocycles. The van der Waals surface area contributed by atoms with Gasteiger partial charge in [-0.1, -0.05) is 68.4 Å². The molecule has 0 saturated carbocycles. The Bertz CT molecular complexity index is 485. The Morgan fingerprint density at radius 3 is 2.20 bits per heavy atom. The molecule has 0 fully saturated rings. The Balaban J connectivity index is 1.66. The van der Waals surface area contributed by atoms with Crippen LogP contribution in [0.5, 0.6) is 0 Å². The second-order valence-electron chi connectivity index (χ2n) is 5.66. The molecule has 0 radical (unpaired) electrons. The number of aryl methyl sites for hydroxylation is 1.